The molecule has 1 saturated carbocycles. The topological polar surface area (TPSA) is 59.0 Å². The second kappa shape index (κ2) is 8.12. The molecule has 2 aliphatic rings. The Hall–Kier alpha value is -1.36. The van der Waals surface area contributed by atoms with Crippen LogP contribution in [0.4, 0.5) is 0 Å². The number of nitrogens with zero attached hydrogens (tertiary/aromatic N) is 2. The van der Waals surface area contributed by atoms with Crippen molar-refractivity contribution in [3.63, 3.8) is 0 Å². The van der Waals surface area contributed by atoms with Crippen molar-refractivity contribution in [2.24, 2.45) is 24.3 Å². The number of aromatic nitrogens is 2. The third kappa shape index (κ3) is 4.67. The molecule has 146 valence electrons. The third-order valence-corrected chi connectivity index (χ3v) is 6.36. The van der Waals surface area contributed by atoms with E-state index < -0.39 is 0 Å². The minimum absolute atomic E-state index is 0.00425. The second-order valence-electron chi connectivity index (χ2n) is 9.49. The Labute approximate surface area is 158 Å². The normalized spacial score (nSPS) is 26.0. The highest BCUT2D eigenvalue weighted by Gasteiger charge is 2.37. The van der Waals surface area contributed by atoms with Crippen molar-refractivity contribution in [1.29, 1.82) is 0 Å². The number of nitrogens with one attached hydrogen (secondary N) is 2. The molecule has 1 aliphatic carbocycles. The molecule has 3 atom stereocenters. The van der Waals surface area contributed by atoms with Crippen LogP contribution >= 0.6 is 0 Å². The SMILES string of the molecule is Cn1cc([C@H]2CNC[C@@H]2C(=O)NC(CC2CCCCC2)C(C)(C)C)cn1. The maximum atomic E-state index is 13.2. The van der Waals surface area contributed by atoms with Gasteiger partial charge in [0.05, 0.1) is 12.1 Å². The van der Waals surface area contributed by atoms with Crippen LogP contribution in [-0.4, -0.2) is 34.8 Å². The van der Waals surface area contributed by atoms with Crippen LogP contribution in [0.3, 0.4) is 0 Å². The highest BCUT2D eigenvalue weighted by Crippen LogP contribution is 2.34. The molecule has 5 nitrogen and oxygen atoms in total. The van der Waals surface area contributed by atoms with Crippen molar-refractivity contribution in [3.05, 3.63) is 18.0 Å². The summed E-state index contributed by atoms with van der Waals surface area (Å²) in [5, 5.41) is 11.1. The number of hydrogen-bond acceptors (Lipinski definition) is 3. The smallest absolute Gasteiger partial charge is 0.225 e. The standard InChI is InChI=1S/C21H36N4O/c1-21(2,3)19(10-15-8-6-5-7-9-15)24-20(26)18-13-22-12-17(18)16-11-23-25(4)14-16/h11,14-15,17-19,22H,5-10,12-13H2,1-4H3,(H,24,26)/t17-,18+,19?/m1/s1. The van der Waals surface area contributed by atoms with E-state index in [1.165, 1.54) is 32.1 Å². The maximum absolute atomic E-state index is 13.2. The van der Waals surface area contributed by atoms with E-state index in [0.717, 1.165) is 31.0 Å². The van der Waals surface area contributed by atoms with E-state index in [-0.39, 0.29) is 29.2 Å². The highest BCUT2D eigenvalue weighted by atomic mass is 16.2. The quantitative estimate of drug-likeness (QED) is 0.847. The average molecular weight is 361 g/mol. The minimum Gasteiger partial charge on any atom is -0.353 e. The summed E-state index contributed by atoms with van der Waals surface area (Å²) in [4.78, 5) is 13.2. The molecule has 3 rings (SSSR count). The van der Waals surface area contributed by atoms with Gasteiger partial charge in [0.25, 0.3) is 0 Å². The summed E-state index contributed by atoms with van der Waals surface area (Å²) in [7, 11) is 1.93. The molecule has 1 unspecified atom stereocenters. The first-order valence-electron chi connectivity index (χ1n) is 10.3. The second-order valence-corrected chi connectivity index (χ2v) is 9.49. The molecule has 1 aliphatic heterocycles. The Morgan fingerprint density at radius 1 is 1.31 bits per heavy atom. The monoisotopic (exact) mass is 360 g/mol. The van der Waals surface area contributed by atoms with Crippen molar-refractivity contribution >= 4 is 5.91 Å². The lowest BCUT2D eigenvalue weighted by atomic mass is 9.76. The van der Waals surface area contributed by atoms with Crippen LogP contribution in [0.1, 0.15) is 70.8 Å². The van der Waals surface area contributed by atoms with Gasteiger partial charge in [-0.15, -0.1) is 0 Å². The molecular weight excluding hydrogens is 324 g/mol. The van der Waals surface area contributed by atoms with E-state index in [1.54, 1.807) is 0 Å². The molecular formula is C21H36N4O. The Morgan fingerprint density at radius 2 is 2.04 bits per heavy atom. The van der Waals surface area contributed by atoms with Gasteiger partial charge in [-0.2, -0.15) is 5.10 Å². The zero-order valence-corrected chi connectivity index (χ0v) is 16.9. The van der Waals surface area contributed by atoms with E-state index in [9.17, 15) is 4.79 Å². The van der Waals surface area contributed by atoms with Gasteiger partial charge in [0.2, 0.25) is 5.91 Å². The first-order chi connectivity index (χ1) is 12.3. The van der Waals surface area contributed by atoms with Crippen LogP contribution in [0.5, 0.6) is 0 Å². The molecule has 0 aromatic carbocycles. The molecule has 5 heteroatoms. The van der Waals surface area contributed by atoms with Gasteiger partial charge < -0.3 is 10.6 Å². The number of rotatable bonds is 5. The summed E-state index contributed by atoms with van der Waals surface area (Å²) >= 11 is 0. The molecule has 1 aromatic rings. The Morgan fingerprint density at radius 3 is 2.65 bits per heavy atom. The lowest BCUT2D eigenvalue weighted by Gasteiger charge is -2.36. The fourth-order valence-corrected chi connectivity index (χ4v) is 4.60. The highest BCUT2D eigenvalue weighted by molar-refractivity contribution is 5.80. The van der Waals surface area contributed by atoms with Gasteiger partial charge in [0.15, 0.2) is 0 Å². The van der Waals surface area contributed by atoms with Gasteiger partial charge in [-0.25, -0.2) is 0 Å². The lowest BCUT2D eigenvalue weighted by Crippen LogP contribution is -2.48. The van der Waals surface area contributed by atoms with E-state index in [4.69, 9.17) is 0 Å². The van der Waals surface area contributed by atoms with Crippen molar-refractivity contribution in [2.75, 3.05) is 13.1 Å². The van der Waals surface area contributed by atoms with Gasteiger partial charge >= 0.3 is 0 Å². The van der Waals surface area contributed by atoms with Gasteiger partial charge in [-0.1, -0.05) is 52.9 Å². The van der Waals surface area contributed by atoms with Crippen molar-refractivity contribution in [1.82, 2.24) is 20.4 Å². The van der Waals surface area contributed by atoms with E-state index in [2.05, 4.69) is 36.5 Å². The van der Waals surface area contributed by atoms with Crippen LogP contribution in [0.2, 0.25) is 0 Å². The molecule has 1 amide bonds. The summed E-state index contributed by atoms with van der Waals surface area (Å²) in [6.45, 7) is 8.38. The predicted molar refractivity (Wildman–Crippen MR) is 105 cm³/mol. The average Bonchev–Trinajstić information content (AvgIpc) is 3.23. The molecule has 0 radical (unpaired) electrons. The number of hydrogen-bond donors (Lipinski definition) is 2. The first-order valence-corrected chi connectivity index (χ1v) is 10.3. The Bertz CT molecular complexity index is 597. The van der Waals surface area contributed by atoms with Crippen LogP contribution in [0, 0.1) is 17.3 Å². The molecule has 26 heavy (non-hydrogen) atoms. The minimum atomic E-state index is -0.00425. The summed E-state index contributed by atoms with van der Waals surface area (Å²) in [6.07, 6.45) is 11.8. The molecule has 1 aromatic heterocycles. The number of carbonyl (C=O) groups is 1. The largest absolute Gasteiger partial charge is 0.353 e. The van der Waals surface area contributed by atoms with Gasteiger partial charge in [-0.05, 0) is 23.3 Å². The molecule has 2 fully saturated rings. The fraction of sp³-hybridized carbons (Fsp3) is 0.810. The Balaban J connectivity index is 1.66. The summed E-state index contributed by atoms with van der Waals surface area (Å²) < 4.78 is 1.82. The third-order valence-electron chi connectivity index (χ3n) is 6.36. The molecule has 1 saturated heterocycles. The predicted octanol–water partition coefficient (Wildman–Crippen LogP) is 3.22. The Kier molecular flexibility index (Phi) is 6.06. The van der Waals surface area contributed by atoms with E-state index in [0.29, 0.717) is 0 Å². The lowest BCUT2D eigenvalue weighted by molar-refractivity contribution is -0.126. The van der Waals surface area contributed by atoms with Gasteiger partial charge in [0.1, 0.15) is 0 Å². The van der Waals surface area contributed by atoms with E-state index in [1.807, 2.05) is 24.1 Å². The summed E-state index contributed by atoms with van der Waals surface area (Å²) in [5.41, 5.74) is 1.25. The zero-order valence-electron chi connectivity index (χ0n) is 16.9. The van der Waals surface area contributed by atoms with Crippen molar-refractivity contribution < 1.29 is 4.79 Å². The van der Waals surface area contributed by atoms with Crippen molar-refractivity contribution in [2.45, 2.75) is 71.3 Å². The number of amides is 1. The zero-order chi connectivity index (χ0) is 18.7. The van der Waals surface area contributed by atoms with Crippen LogP contribution in [0.15, 0.2) is 12.4 Å². The first kappa shape index (κ1) is 19.4. The number of aryl methyl sites for hydroxylation is 1. The fourth-order valence-electron chi connectivity index (χ4n) is 4.60. The molecule has 0 bridgehead atoms. The number of carbonyl (C=O) groups excluding carboxylic acids is 1. The molecule has 2 heterocycles. The maximum Gasteiger partial charge on any atom is 0.225 e. The van der Waals surface area contributed by atoms with Crippen LogP contribution < -0.4 is 10.6 Å². The van der Waals surface area contributed by atoms with Gasteiger partial charge in [0, 0.05) is 38.3 Å². The van der Waals surface area contributed by atoms with E-state index >= 15 is 0 Å². The van der Waals surface area contributed by atoms with Crippen molar-refractivity contribution in [3.8, 4) is 0 Å². The molecule has 0 spiro atoms. The summed E-state index contributed by atoms with van der Waals surface area (Å²) in [5.74, 6) is 1.19. The van der Waals surface area contributed by atoms with Crippen LogP contribution in [0.25, 0.3) is 0 Å². The molecule has 2 N–H and O–H groups in total. The van der Waals surface area contributed by atoms with Gasteiger partial charge in [-0.3, -0.25) is 9.48 Å². The van der Waals surface area contributed by atoms with Crippen LogP contribution in [-0.2, 0) is 11.8 Å². The summed E-state index contributed by atoms with van der Waals surface area (Å²) in [6, 6.07) is 0.244.